The van der Waals surface area contributed by atoms with Gasteiger partial charge in [-0.1, -0.05) is 113 Å². The third-order valence-corrected chi connectivity index (χ3v) is 9.41. The fourth-order valence-corrected chi connectivity index (χ4v) is 7.14. The van der Waals surface area contributed by atoms with Crippen molar-refractivity contribution in [2.75, 3.05) is 5.88 Å². The Balaban J connectivity index is 1.73. The van der Waals surface area contributed by atoms with Crippen LogP contribution in [0.1, 0.15) is 11.1 Å². The summed E-state index contributed by atoms with van der Waals surface area (Å²) in [7, 11) is 0. The van der Waals surface area contributed by atoms with Crippen molar-refractivity contribution in [1.82, 2.24) is 0 Å². The van der Waals surface area contributed by atoms with Crippen molar-refractivity contribution in [2.24, 2.45) is 0 Å². The fourth-order valence-electron chi connectivity index (χ4n) is 4.24. The summed E-state index contributed by atoms with van der Waals surface area (Å²) in [5, 5.41) is 2.52. The van der Waals surface area contributed by atoms with Gasteiger partial charge in [-0.3, -0.25) is 0 Å². The van der Waals surface area contributed by atoms with Gasteiger partial charge in [0.15, 0.2) is 0 Å². The van der Waals surface area contributed by atoms with Gasteiger partial charge in [0, 0.05) is 47.7 Å². The topological polar surface area (TPSA) is 60.4 Å². The molecule has 0 N–H and O–H groups in total. The minimum absolute atomic E-state index is 0.0549. The quantitative estimate of drug-likeness (QED) is 0.0671. The number of fused-ring (bicyclic) bond motifs is 2. The summed E-state index contributed by atoms with van der Waals surface area (Å²) >= 11 is 27.1. The number of thioether (sulfide) groups is 1. The van der Waals surface area contributed by atoms with Crippen LogP contribution in [-0.4, -0.2) is 5.88 Å². The van der Waals surface area contributed by atoms with Crippen LogP contribution in [0.15, 0.2) is 135 Å². The summed E-state index contributed by atoms with van der Waals surface area (Å²) in [6.07, 6.45) is 5.19. The van der Waals surface area contributed by atoms with E-state index in [0.29, 0.717) is 62.8 Å². The smallest absolute Gasteiger partial charge is 0.340 e. The van der Waals surface area contributed by atoms with Crippen LogP contribution < -0.4 is 11.3 Å². The molecule has 212 valence electrons. The molecule has 3 aromatic carbocycles. The van der Waals surface area contributed by atoms with E-state index in [-0.39, 0.29) is 12.3 Å². The van der Waals surface area contributed by atoms with Gasteiger partial charge >= 0.3 is 11.3 Å². The molecule has 0 radical (unpaired) electrons. The van der Waals surface area contributed by atoms with Crippen molar-refractivity contribution >= 4 is 91.9 Å². The summed E-state index contributed by atoms with van der Waals surface area (Å²) in [6.45, 7) is 3.77. The summed E-state index contributed by atoms with van der Waals surface area (Å²) in [4.78, 5) is 29.8. The van der Waals surface area contributed by atoms with Gasteiger partial charge in [0.1, 0.15) is 11.2 Å². The van der Waals surface area contributed by atoms with E-state index in [9.17, 15) is 9.59 Å². The number of alkyl halides is 1. The number of rotatable bonds is 9. The molecule has 0 saturated carbocycles. The van der Waals surface area contributed by atoms with Crippen LogP contribution in [0, 0.1) is 0 Å². The second kappa shape index (κ2) is 13.6. The van der Waals surface area contributed by atoms with Crippen LogP contribution in [0.4, 0.5) is 0 Å². The minimum Gasteiger partial charge on any atom is -0.422 e. The van der Waals surface area contributed by atoms with Crippen molar-refractivity contribution < 1.29 is 8.83 Å². The standard InChI is InChI=1S/C32H20Cl4O4S2/c1-18(34)15-19(7-6-14-33)41-29-21-8-2-4-10-27(21)39-31(37)23(29)17-24-30(42-20-12-13-25(35)26(36)16-20)22-9-3-5-11-28(22)40-32(24)38/h2-13,15-16H,1,14,17H2/b7-6-,19-15+. The van der Waals surface area contributed by atoms with Gasteiger partial charge in [-0.05, 0) is 36.4 Å². The first kappa shape index (κ1) is 30.6. The Morgan fingerprint density at radius 1 is 0.833 bits per heavy atom. The van der Waals surface area contributed by atoms with Crippen LogP contribution in [0.25, 0.3) is 21.9 Å². The summed E-state index contributed by atoms with van der Waals surface area (Å²) < 4.78 is 11.4. The van der Waals surface area contributed by atoms with E-state index in [0.717, 1.165) is 4.90 Å². The lowest BCUT2D eigenvalue weighted by molar-refractivity contribution is 0.536. The highest BCUT2D eigenvalue weighted by atomic mass is 35.5. The monoisotopic (exact) mass is 672 g/mol. The normalized spacial score (nSPS) is 12.0. The number of para-hydroxylation sites is 2. The SMILES string of the molecule is C=C(Cl)/C=C(\C=C/CCl)Sc1c(Cc2c(Sc3ccc(Cl)c(Cl)c3)c3ccccc3oc2=O)c(=O)oc2ccccc12. The maximum Gasteiger partial charge on any atom is 0.340 e. The van der Waals surface area contributed by atoms with Gasteiger partial charge in [-0.25, -0.2) is 9.59 Å². The first-order chi connectivity index (χ1) is 20.2. The second-order valence-corrected chi connectivity index (χ2v) is 12.7. The van der Waals surface area contributed by atoms with Crippen molar-refractivity contribution in [3.63, 3.8) is 0 Å². The highest BCUT2D eigenvalue weighted by molar-refractivity contribution is 8.03. The number of allylic oxidation sites excluding steroid dienone is 4. The Labute approximate surface area is 269 Å². The molecule has 10 heteroatoms. The lowest BCUT2D eigenvalue weighted by Crippen LogP contribution is -2.16. The maximum atomic E-state index is 13.5. The number of hydrogen-bond acceptors (Lipinski definition) is 6. The number of benzene rings is 3. The first-order valence-electron chi connectivity index (χ1n) is 12.4. The summed E-state index contributed by atoms with van der Waals surface area (Å²) in [5.74, 6) is 0.282. The molecule has 0 saturated heterocycles. The molecule has 2 heterocycles. The summed E-state index contributed by atoms with van der Waals surface area (Å²) in [6, 6.07) is 19.7. The molecule has 5 rings (SSSR count). The van der Waals surface area contributed by atoms with Crippen LogP contribution in [0.3, 0.4) is 0 Å². The Morgan fingerprint density at radius 3 is 2.02 bits per heavy atom. The predicted molar refractivity (Wildman–Crippen MR) is 177 cm³/mol. The van der Waals surface area contributed by atoms with E-state index in [4.69, 9.17) is 55.2 Å². The molecule has 0 unspecified atom stereocenters. The molecule has 5 aromatic rings. The molecule has 0 aliphatic rings. The van der Waals surface area contributed by atoms with E-state index in [1.54, 1.807) is 54.6 Å². The van der Waals surface area contributed by atoms with Gasteiger partial charge < -0.3 is 8.83 Å². The van der Waals surface area contributed by atoms with Gasteiger partial charge in [-0.2, -0.15) is 0 Å². The van der Waals surface area contributed by atoms with E-state index in [1.165, 1.54) is 23.5 Å². The van der Waals surface area contributed by atoms with Crippen LogP contribution in [-0.2, 0) is 6.42 Å². The maximum absolute atomic E-state index is 13.5. The first-order valence-corrected chi connectivity index (χ1v) is 15.7. The van der Waals surface area contributed by atoms with E-state index in [1.807, 2.05) is 30.3 Å². The molecule has 0 aliphatic heterocycles. The molecule has 0 amide bonds. The molecule has 42 heavy (non-hydrogen) atoms. The Bertz CT molecular complexity index is 2010. The van der Waals surface area contributed by atoms with Gasteiger partial charge in [-0.15, -0.1) is 11.6 Å². The summed E-state index contributed by atoms with van der Waals surface area (Å²) in [5.41, 5.74) is 0.299. The highest BCUT2D eigenvalue weighted by Gasteiger charge is 2.23. The Morgan fingerprint density at radius 2 is 1.43 bits per heavy atom. The second-order valence-electron chi connectivity index (χ2n) is 8.89. The largest absolute Gasteiger partial charge is 0.422 e. The lowest BCUT2D eigenvalue weighted by Gasteiger charge is -2.15. The van der Waals surface area contributed by atoms with Crippen molar-refractivity contribution in [3.05, 3.63) is 143 Å². The van der Waals surface area contributed by atoms with Crippen LogP contribution >= 0.6 is 69.9 Å². The molecular weight excluding hydrogens is 654 g/mol. The third kappa shape index (κ3) is 6.86. The van der Waals surface area contributed by atoms with Gasteiger partial charge in [0.05, 0.1) is 21.2 Å². The molecule has 0 fully saturated rings. The predicted octanol–water partition coefficient (Wildman–Crippen LogP) is 10.5. The zero-order chi connectivity index (χ0) is 29.8. The van der Waals surface area contributed by atoms with Crippen molar-refractivity contribution in [2.45, 2.75) is 21.1 Å². The minimum atomic E-state index is -0.570. The van der Waals surface area contributed by atoms with E-state index < -0.39 is 11.3 Å². The average Bonchev–Trinajstić information content (AvgIpc) is 2.96. The third-order valence-electron chi connectivity index (χ3n) is 6.06. The zero-order valence-electron chi connectivity index (χ0n) is 21.7. The molecule has 4 nitrogen and oxygen atoms in total. The Kier molecular flexibility index (Phi) is 9.94. The lowest BCUT2D eigenvalue weighted by atomic mass is 10.0. The van der Waals surface area contributed by atoms with Gasteiger partial charge in [0.2, 0.25) is 0 Å². The zero-order valence-corrected chi connectivity index (χ0v) is 26.3. The molecule has 0 atom stereocenters. The molecular formula is C32H20Cl4O4S2. The number of hydrogen-bond donors (Lipinski definition) is 0. The fraction of sp³-hybridized carbons (Fsp3) is 0.0625. The van der Waals surface area contributed by atoms with E-state index in [2.05, 4.69) is 6.58 Å². The molecule has 0 aliphatic carbocycles. The van der Waals surface area contributed by atoms with Crippen LogP contribution in [0.2, 0.25) is 10.0 Å². The van der Waals surface area contributed by atoms with E-state index >= 15 is 0 Å². The molecule has 0 bridgehead atoms. The number of halogens is 4. The van der Waals surface area contributed by atoms with Gasteiger partial charge in [0.25, 0.3) is 0 Å². The average molecular weight is 674 g/mol. The van der Waals surface area contributed by atoms with Crippen LogP contribution in [0.5, 0.6) is 0 Å². The molecule has 0 spiro atoms. The van der Waals surface area contributed by atoms with Crippen molar-refractivity contribution in [3.8, 4) is 0 Å². The Hall–Kier alpha value is -2.84. The van der Waals surface area contributed by atoms with Crippen molar-refractivity contribution in [1.29, 1.82) is 0 Å². The highest BCUT2D eigenvalue weighted by Crippen LogP contribution is 2.40. The molecule has 2 aromatic heterocycles.